The Morgan fingerprint density at radius 3 is 2.35 bits per heavy atom. The molecule has 3 amide bonds. The minimum Gasteiger partial charge on any atom is -0.342 e. The van der Waals surface area contributed by atoms with Crippen molar-refractivity contribution in [1.29, 1.82) is 0 Å². The van der Waals surface area contributed by atoms with Gasteiger partial charge in [-0.25, -0.2) is 0 Å². The molecule has 2 aliphatic rings. The van der Waals surface area contributed by atoms with Gasteiger partial charge in [-0.1, -0.05) is 31.2 Å². The number of imide groups is 1. The standard InChI is InChI=1S/C21H22N2O3/c1-14-5-4-11-22(13-14)18(24)10-12-23-20(25)16-8-2-6-15-7-3-9-17(19(15)16)21(23)26/h2-3,6-9,14H,4-5,10-13H2,1H3. The van der Waals surface area contributed by atoms with E-state index in [1.165, 1.54) is 4.90 Å². The maximum Gasteiger partial charge on any atom is 0.261 e. The van der Waals surface area contributed by atoms with Gasteiger partial charge in [0.25, 0.3) is 11.8 Å². The molecule has 0 aliphatic carbocycles. The molecule has 0 aromatic heterocycles. The summed E-state index contributed by atoms with van der Waals surface area (Å²) in [7, 11) is 0. The number of benzene rings is 2. The normalized spacial score (nSPS) is 20.0. The second-order valence-electron chi connectivity index (χ2n) is 7.31. The lowest BCUT2D eigenvalue weighted by atomic mass is 9.94. The van der Waals surface area contributed by atoms with Crippen LogP contribution in [-0.4, -0.2) is 47.2 Å². The second kappa shape index (κ2) is 6.56. The average molecular weight is 350 g/mol. The monoisotopic (exact) mass is 350 g/mol. The largest absolute Gasteiger partial charge is 0.342 e. The molecule has 5 nitrogen and oxygen atoms in total. The minimum atomic E-state index is -0.306. The van der Waals surface area contributed by atoms with Crippen LogP contribution in [0, 0.1) is 5.92 Å². The molecular weight excluding hydrogens is 328 g/mol. The molecule has 1 fully saturated rings. The lowest BCUT2D eigenvalue weighted by Crippen LogP contribution is -2.44. The van der Waals surface area contributed by atoms with Gasteiger partial charge < -0.3 is 4.90 Å². The Labute approximate surface area is 152 Å². The van der Waals surface area contributed by atoms with E-state index in [0.717, 1.165) is 36.7 Å². The molecule has 0 bridgehead atoms. The first-order valence-electron chi connectivity index (χ1n) is 9.22. The van der Waals surface area contributed by atoms with E-state index in [2.05, 4.69) is 6.92 Å². The molecule has 2 aromatic carbocycles. The number of hydrogen-bond donors (Lipinski definition) is 0. The van der Waals surface area contributed by atoms with E-state index in [0.29, 0.717) is 17.0 Å². The molecule has 0 saturated carbocycles. The summed E-state index contributed by atoms with van der Waals surface area (Å²) < 4.78 is 0. The molecule has 134 valence electrons. The van der Waals surface area contributed by atoms with Crippen LogP contribution in [0.25, 0.3) is 10.8 Å². The van der Waals surface area contributed by atoms with E-state index in [9.17, 15) is 14.4 Å². The Hall–Kier alpha value is -2.69. The number of hydrogen-bond acceptors (Lipinski definition) is 3. The van der Waals surface area contributed by atoms with Gasteiger partial charge >= 0.3 is 0 Å². The number of carbonyl (C=O) groups is 3. The summed E-state index contributed by atoms with van der Waals surface area (Å²) in [5.41, 5.74) is 1.08. The smallest absolute Gasteiger partial charge is 0.261 e. The van der Waals surface area contributed by atoms with Gasteiger partial charge in [0.2, 0.25) is 5.91 Å². The number of nitrogens with zero attached hydrogens (tertiary/aromatic N) is 2. The molecule has 26 heavy (non-hydrogen) atoms. The molecule has 2 aliphatic heterocycles. The average Bonchev–Trinajstić information content (AvgIpc) is 2.65. The molecule has 0 radical (unpaired) electrons. The van der Waals surface area contributed by atoms with E-state index in [1.54, 1.807) is 12.1 Å². The van der Waals surface area contributed by atoms with Crippen molar-refractivity contribution >= 4 is 28.5 Å². The first-order chi connectivity index (χ1) is 12.6. The summed E-state index contributed by atoms with van der Waals surface area (Å²) in [6, 6.07) is 11.0. The zero-order chi connectivity index (χ0) is 18.3. The second-order valence-corrected chi connectivity index (χ2v) is 7.31. The molecule has 5 heteroatoms. The van der Waals surface area contributed by atoms with Crippen molar-refractivity contribution in [3.05, 3.63) is 47.5 Å². The molecular formula is C21H22N2O3. The van der Waals surface area contributed by atoms with Crippen LogP contribution in [0.5, 0.6) is 0 Å². The topological polar surface area (TPSA) is 57.7 Å². The zero-order valence-corrected chi connectivity index (χ0v) is 14.9. The van der Waals surface area contributed by atoms with Gasteiger partial charge in [0.15, 0.2) is 0 Å². The number of piperidine rings is 1. The molecule has 1 atom stereocenters. The first kappa shape index (κ1) is 16.8. The third-order valence-electron chi connectivity index (χ3n) is 5.41. The van der Waals surface area contributed by atoms with Gasteiger partial charge in [0.05, 0.1) is 0 Å². The van der Waals surface area contributed by atoms with Crippen molar-refractivity contribution in [2.75, 3.05) is 19.6 Å². The van der Waals surface area contributed by atoms with Crippen LogP contribution in [0.1, 0.15) is 46.9 Å². The van der Waals surface area contributed by atoms with E-state index in [4.69, 9.17) is 0 Å². The van der Waals surface area contributed by atoms with E-state index >= 15 is 0 Å². The van der Waals surface area contributed by atoms with Crippen molar-refractivity contribution in [3.8, 4) is 0 Å². The predicted molar refractivity (Wildman–Crippen MR) is 98.9 cm³/mol. The highest BCUT2D eigenvalue weighted by Crippen LogP contribution is 2.30. The summed E-state index contributed by atoms with van der Waals surface area (Å²) in [6.45, 7) is 3.82. The molecule has 4 rings (SSSR count). The van der Waals surface area contributed by atoms with Crippen molar-refractivity contribution in [1.82, 2.24) is 9.80 Å². The fourth-order valence-electron chi connectivity index (χ4n) is 4.07. The number of amides is 3. The Kier molecular flexibility index (Phi) is 4.23. The highest BCUT2D eigenvalue weighted by molar-refractivity contribution is 6.25. The first-order valence-corrected chi connectivity index (χ1v) is 9.22. The van der Waals surface area contributed by atoms with Crippen LogP contribution in [0.3, 0.4) is 0 Å². The van der Waals surface area contributed by atoms with Crippen molar-refractivity contribution in [2.24, 2.45) is 5.92 Å². The number of likely N-dealkylation sites (tertiary alicyclic amines) is 1. The highest BCUT2D eigenvalue weighted by Gasteiger charge is 2.33. The van der Waals surface area contributed by atoms with Crippen molar-refractivity contribution < 1.29 is 14.4 Å². The molecule has 1 saturated heterocycles. The Balaban J connectivity index is 1.54. The highest BCUT2D eigenvalue weighted by atomic mass is 16.2. The molecule has 0 spiro atoms. The summed E-state index contributed by atoms with van der Waals surface area (Å²) in [4.78, 5) is 41.3. The lowest BCUT2D eigenvalue weighted by molar-refractivity contribution is -0.132. The zero-order valence-electron chi connectivity index (χ0n) is 14.9. The van der Waals surface area contributed by atoms with Crippen LogP contribution in [-0.2, 0) is 4.79 Å². The Morgan fingerprint density at radius 2 is 1.73 bits per heavy atom. The van der Waals surface area contributed by atoms with Gasteiger partial charge in [-0.2, -0.15) is 0 Å². The quantitative estimate of drug-likeness (QED) is 0.800. The fourth-order valence-corrected chi connectivity index (χ4v) is 4.07. The summed E-state index contributed by atoms with van der Waals surface area (Å²) >= 11 is 0. The summed E-state index contributed by atoms with van der Waals surface area (Å²) in [6.07, 6.45) is 2.35. The van der Waals surface area contributed by atoms with E-state index < -0.39 is 0 Å². The number of rotatable bonds is 3. The number of carbonyl (C=O) groups excluding carboxylic acids is 3. The lowest BCUT2D eigenvalue weighted by Gasteiger charge is -2.32. The Bertz CT molecular complexity index is 855. The van der Waals surface area contributed by atoms with Gasteiger partial charge in [-0.15, -0.1) is 0 Å². The summed E-state index contributed by atoms with van der Waals surface area (Å²) in [5, 5.41) is 1.61. The van der Waals surface area contributed by atoms with Gasteiger partial charge in [0, 0.05) is 42.6 Å². The van der Waals surface area contributed by atoms with Crippen LogP contribution >= 0.6 is 0 Å². The van der Waals surface area contributed by atoms with E-state index in [1.807, 2.05) is 29.2 Å². The van der Waals surface area contributed by atoms with Crippen molar-refractivity contribution in [2.45, 2.75) is 26.2 Å². The third-order valence-corrected chi connectivity index (χ3v) is 5.41. The molecule has 0 N–H and O–H groups in total. The van der Waals surface area contributed by atoms with Gasteiger partial charge in [-0.3, -0.25) is 19.3 Å². The van der Waals surface area contributed by atoms with Crippen LogP contribution in [0.15, 0.2) is 36.4 Å². The Morgan fingerprint density at radius 1 is 1.08 bits per heavy atom. The van der Waals surface area contributed by atoms with E-state index in [-0.39, 0.29) is 30.7 Å². The van der Waals surface area contributed by atoms with Crippen LogP contribution in [0.2, 0.25) is 0 Å². The fraction of sp³-hybridized carbons (Fsp3) is 0.381. The molecule has 2 heterocycles. The van der Waals surface area contributed by atoms with Gasteiger partial charge in [0.1, 0.15) is 0 Å². The SMILES string of the molecule is CC1CCCN(C(=O)CCN2C(=O)c3cccc4cccc(c34)C2=O)C1. The van der Waals surface area contributed by atoms with Gasteiger partial charge in [-0.05, 0) is 36.3 Å². The molecule has 1 unspecified atom stereocenters. The maximum atomic E-state index is 12.8. The van der Waals surface area contributed by atoms with Crippen LogP contribution in [0.4, 0.5) is 0 Å². The maximum absolute atomic E-state index is 12.8. The molecule has 2 aromatic rings. The minimum absolute atomic E-state index is 0.0224. The predicted octanol–water partition coefficient (Wildman–Crippen LogP) is 3.08. The third kappa shape index (κ3) is 2.77. The van der Waals surface area contributed by atoms with Crippen molar-refractivity contribution in [3.63, 3.8) is 0 Å². The van der Waals surface area contributed by atoms with Crippen LogP contribution < -0.4 is 0 Å². The summed E-state index contributed by atoms with van der Waals surface area (Å²) in [5.74, 6) is -0.0807.